The fraction of sp³-hybridized carbons (Fsp3) is 0.857. The normalized spacial score (nSPS) is 13.6. The average Bonchev–Trinajstić information content (AvgIpc) is 2.27. The van der Waals surface area contributed by atoms with Gasteiger partial charge in [0, 0.05) is 17.7 Å². The summed E-state index contributed by atoms with van der Waals surface area (Å²) in [5.41, 5.74) is 0. The Labute approximate surface area is 105 Å². The Hall–Kier alpha value is -0.110. The van der Waals surface area contributed by atoms with E-state index >= 15 is 0 Å². The van der Waals surface area contributed by atoms with Crippen molar-refractivity contribution >= 4 is 10.7 Å². The van der Waals surface area contributed by atoms with Gasteiger partial charge in [-0.05, 0) is 25.2 Å². The topological polar surface area (TPSA) is 12.4 Å². The fourth-order valence-corrected chi connectivity index (χ4v) is 3.17. The van der Waals surface area contributed by atoms with Crippen LogP contribution in [0.2, 0.25) is 0 Å². The minimum atomic E-state index is 0.292. The summed E-state index contributed by atoms with van der Waals surface area (Å²) in [4.78, 5) is 0. The monoisotopic (exact) mass is 243 g/mol. The third-order valence-corrected chi connectivity index (χ3v) is 4.70. The Morgan fingerprint density at radius 3 is 2.19 bits per heavy atom. The van der Waals surface area contributed by atoms with Crippen LogP contribution in [0.4, 0.5) is 0 Å². The van der Waals surface area contributed by atoms with Crippen molar-refractivity contribution in [1.82, 2.24) is 0 Å². The van der Waals surface area contributed by atoms with Gasteiger partial charge in [-0.15, -0.1) is 0 Å². The molecule has 1 unspecified atom stereocenters. The van der Waals surface area contributed by atoms with Crippen LogP contribution in [0.5, 0.6) is 0 Å². The van der Waals surface area contributed by atoms with Gasteiger partial charge in [0.1, 0.15) is 0 Å². The molecule has 0 bridgehead atoms. The van der Waals surface area contributed by atoms with Crippen molar-refractivity contribution in [3.63, 3.8) is 0 Å². The van der Waals surface area contributed by atoms with Gasteiger partial charge in [0.25, 0.3) is 0 Å². The molecule has 1 atom stereocenters. The second kappa shape index (κ2) is 11.4. The Morgan fingerprint density at radius 1 is 1.06 bits per heavy atom. The Bertz CT molecular complexity index is 201. The second-order valence-electron chi connectivity index (χ2n) is 4.44. The third kappa shape index (κ3) is 9.14. The molecule has 2 heteroatoms. The first-order valence-corrected chi connectivity index (χ1v) is 8.31. The van der Waals surface area contributed by atoms with Crippen molar-refractivity contribution in [1.29, 1.82) is 0 Å². The van der Waals surface area contributed by atoms with Crippen molar-refractivity contribution in [3.05, 3.63) is 12.3 Å². The summed E-state index contributed by atoms with van der Waals surface area (Å²) in [6.45, 7) is 9.04. The lowest BCUT2D eigenvalue weighted by Crippen LogP contribution is -1.99. The summed E-state index contributed by atoms with van der Waals surface area (Å²) in [7, 11) is 0.292. The summed E-state index contributed by atoms with van der Waals surface area (Å²) in [6.07, 6.45) is 10.8. The molecule has 0 aliphatic heterocycles. The smallest absolute Gasteiger partial charge is 0.0304 e. The van der Waals surface area contributed by atoms with Crippen LogP contribution in [0.25, 0.3) is 0 Å². The minimum absolute atomic E-state index is 0.292. The predicted octanol–water partition coefficient (Wildman–Crippen LogP) is 4.95. The quantitative estimate of drug-likeness (QED) is 0.543. The average molecular weight is 243 g/mol. The first-order valence-electron chi connectivity index (χ1n) is 6.79. The van der Waals surface area contributed by atoms with Crippen molar-refractivity contribution in [2.45, 2.75) is 59.8 Å². The largest absolute Gasteiger partial charge is 0.236 e. The zero-order chi connectivity index (χ0) is 12.2. The van der Waals surface area contributed by atoms with Gasteiger partial charge in [0.05, 0.1) is 0 Å². The highest BCUT2D eigenvalue weighted by molar-refractivity contribution is 7.87. The molecule has 0 amide bonds. The Balaban J connectivity index is 4.02. The molecule has 1 nitrogen and oxygen atoms in total. The molecule has 0 aromatic rings. The van der Waals surface area contributed by atoms with Crippen molar-refractivity contribution < 1.29 is 0 Å². The van der Waals surface area contributed by atoms with Gasteiger partial charge in [-0.25, -0.2) is 4.36 Å². The summed E-state index contributed by atoms with van der Waals surface area (Å²) >= 11 is 0. The number of unbranched alkanes of at least 4 members (excludes halogenated alkanes) is 1. The predicted molar refractivity (Wildman–Crippen MR) is 77.9 cm³/mol. The zero-order valence-corrected chi connectivity index (χ0v) is 12.4. The molecule has 96 valence electrons. The fourth-order valence-electron chi connectivity index (χ4n) is 1.57. The minimum Gasteiger partial charge on any atom is -0.236 e. The van der Waals surface area contributed by atoms with Crippen LogP contribution < -0.4 is 0 Å². The molecule has 0 saturated carbocycles. The van der Waals surface area contributed by atoms with E-state index < -0.39 is 0 Å². The Morgan fingerprint density at radius 2 is 1.69 bits per heavy atom. The highest BCUT2D eigenvalue weighted by Gasteiger charge is 1.95. The van der Waals surface area contributed by atoms with Gasteiger partial charge < -0.3 is 0 Å². The lowest BCUT2D eigenvalue weighted by Gasteiger charge is -2.05. The highest BCUT2D eigenvalue weighted by Crippen LogP contribution is 2.09. The molecule has 0 aromatic carbocycles. The lowest BCUT2D eigenvalue weighted by atomic mass is 10.1. The van der Waals surface area contributed by atoms with E-state index in [4.69, 9.17) is 4.36 Å². The SMILES string of the molecule is CCCCC(C)/C=C/N=S(CCC)CCC. The van der Waals surface area contributed by atoms with E-state index in [2.05, 4.69) is 40.0 Å². The Kier molecular flexibility index (Phi) is 11.3. The number of allylic oxidation sites excluding steroid dienone is 1. The molecule has 0 radical (unpaired) electrons. The summed E-state index contributed by atoms with van der Waals surface area (Å²) in [5.74, 6) is 3.22. The van der Waals surface area contributed by atoms with Gasteiger partial charge in [0.15, 0.2) is 0 Å². The summed E-state index contributed by atoms with van der Waals surface area (Å²) in [5, 5.41) is 0. The number of rotatable bonds is 9. The molecule has 0 heterocycles. The van der Waals surface area contributed by atoms with E-state index in [1.54, 1.807) is 0 Å². The van der Waals surface area contributed by atoms with Gasteiger partial charge in [-0.3, -0.25) is 0 Å². The maximum Gasteiger partial charge on any atom is 0.0304 e. The molecular formula is C14H29NS. The van der Waals surface area contributed by atoms with E-state index in [0.29, 0.717) is 16.6 Å². The van der Waals surface area contributed by atoms with E-state index in [1.807, 2.05) is 0 Å². The van der Waals surface area contributed by atoms with Crippen LogP contribution in [0, 0.1) is 5.92 Å². The summed E-state index contributed by atoms with van der Waals surface area (Å²) in [6, 6.07) is 0. The number of nitrogens with zero attached hydrogens (tertiary/aromatic N) is 1. The highest BCUT2D eigenvalue weighted by atomic mass is 32.2. The van der Waals surface area contributed by atoms with E-state index in [0.717, 1.165) is 0 Å². The molecule has 0 N–H and O–H groups in total. The van der Waals surface area contributed by atoms with Crippen LogP contribution >= 0.6 is 0 Å². The van der Waals surface area contributed by atoms with Gasteiger partial charge in [-0.2, -0.15) is 0 Å². The number of hydrogen-bond donors (Lipinski definition) is 0. The maximum atomic E-state index is 4.70. The third-order valence-electron chi connectivity index (χ3n) is 2.52. The van der Waals surface area contributed by atoms with Gasteiger partial charge >= 0.3 is 0 Å². The maximum absolute atomic E-state index is 4.70. The van der Waals surface area contributed by atoms with Crippen molar-refractivity contribution in [2.24, 2.45) is 10.3 Å². The van der Waals surface area contributed by atoms with E-state index in [9.17, 15) is 0 Å². The van der Waals surface area contributed by atoms with Crippen LogP contribution in [-0.2, 0) is 10.7 Å². The van der Waals surface area contributed by atoms with Crippen LogP contribution in [-0.4, -0.2) is 11.5 Å². The van der Waals surface area contributed by atoms with Crippen LogP contribution in [0.1, 0.15) is 59.8 Å². The van der Waals surface area contributed by atoms with Gasteiger partial charge in [0.2, 0.25) is 0 Å². The van der Waals surface area contributed by atoms with E-state index in [-0.39, 0.29) is 0 Å². The van der Waals surface area contributed by atoms with Crippen LogP contribution in [0.15, 0.2) is 16.6 Å². The molecule has 0 aromatic heterocycles. The molecule has 0 fully saturated rings. The molecule has 0 aliphatic rings. The standard InChI is InChI=1S/C14H29NS/c1-5-8-9-14(4)10-11-15-16(12-6-2)13-7-3/h10-11,14H,5-9,12-13H2,1-4H3/b11-10+. The number of hydrogen-bond acceptors (Lipinski definition) is 1. The van der Waals surface area contributed by atoms with Gasteiger partial charge in [-0.1, -0.05) is 57.3 Å². The molecule has 16 heavy (non-hydrogen) atoms. The van der Waals surface area contributed by atoms with Crippen LogP contribution in [0.3, 0.4) is 0 Å². The molecule has 0 spiro atoms. The molecular weight excluding hydrogens is 214 g/mol. The van der Waals surface area contributed by atoms with Crippen molar-refractivity contribution in [2.75, 3.05) is 11.5 Å². The second-order valence-corrected chi connectivity index (χ2v) is 6.39. The van der Waals surface area contributed by atoms with E-state index in [1.165, 1.54) is 43.6 Å². The molecule has 0 aliphatic carbocycles. The zero-order valence-electron chi connectivity index (χ0n) is 11.5. The molecule has 0 rings (SSSR count). The first-order chi connectivity index (χ1) is 7.74. The first kappa shape index (κ1) is 15.9. The van der Waals surface area contributed by atoms with Crippen molar-refractivity contribution in [3.8, 4) is 0 Å². The summed E-state index contributed by atoms with van der Waals surface area (Å²) < 4.78 is 4.70. The molecule has 0 saturated heterocycles. The lowest BCUT2D eigenvalue weighted by molar-refractivity contribution is 0.597.